The van der Waals surface area contributed by atoms with Crippen molar-refractivity contribution in [2.24, 2.45) is 0 Å². The Morgan fingerprint density at radius 2 is 1.89 bits per heavy atom. The molecule has 8 nitrogen and oxygen atoms in total. The Morgan fingerprint density at radius 1 is 1.08 bits per heavy atom. The van der Waals surface area contributed by atoms with Crippen LogP contribution >= 0.6 is 0 Å². The van der Waals surface area contributed by atoms with Gasteiger partial charge in [0.2, 0.25) is 15.6 Å². The molecule has 1 amide bonds. The molecule has 1 fully saturated rings. The number of nitrogens with zero attached hydrogens (tertiary/aromatic N) is 2. The van der Waals surface area contributed by atoms with E-state index in [1.165, 1.54) is 29.3 Å². The number of nitrogens with one attached hydrogen (secondary N) is 2. The average molecular weight is 509 g/mol. The smallest absolute Gasteiger partial charge is 0.252 e. The van der Waals surface area contributed by atoms with E-state index in [-0.39, 0.29) is 22.4 Å². The van der Waals surface area contributed by atoms with Crippen molar-refractivity contribution in [3.63, 3.8) is 0 Å². The van der Waals surface area contributed by atoms with E-state index in [1.54, 1.807) is 10.4 Å². The maximum Gasteiger partial charge on any atom is 0.252 e. The zero-order valence-electron chi connectivity index (χ0n) is 20.5. The van der Waals surface area contributed by atoms with Gasteiger partial charge in [-0.15, -0.1) is 0 Å². The highest BCUT2D eigenvalue weighted by molar-refractivity contribution is 7.89. The van der Waals surface area contributed by atoms with Crippen molar-refractivity contribution in [2.75, 3.05) is 26.2 Å². The summed E-state index contributed by atoms with van der Waals surface area (Å²) in [4.78, 5) is 30.5. The van der Waals surface area contributed by atoms with Gasteiger partial charge >= 0.3 is 0 Å². The fourth-order valence-corrected chi connectivity index (χ4v) is 7.04. The molecule has 2 aliphatic rings. The lowest BCUT2D eigenvalue weighted by Gasteiger charge is -2.32. The summed E-state index contributed by atoms with van der Waals surface area (Å²) < 4.78 is 28.3. The first kappa shape index (κ1) is 24.7. The molecule has 1 saturated heterocycles. The van der Waals surface area contributed by atoms with E-state index in [4.69, 9.17) is 0 Å². The number of benzene rings is 2. The van der Waals surface area contributed by atoms with Gasteiger partial charge in [-0.1, -0.05) is 30.7 Å². The molecule has 36 heavy (non-hydrogen) atoms. The maximum absolute atomic E-state index is 13.4. The molecule has 2 aliphatic heterocycles. The third-order valence-corrected chi connectivity index (χ3v) is 9.34. The van der Waals surface area contributed by atoms with Gasteiger partial charge in [0.1, 0.15) is 0 Å². The first-order chi connectivity index (χ1) is 17.3. The van der Waals surface area contributed by atoms with Crippen LogP contribution in [0.2, 0.25) is 0 Å². The van der Waals surface area contributed by atoms with E-state index in [2.05, 4.69) is 33.4 Å². The van der Waals surface area contributed by atoms with Crippen molar-refractivity contribution >= 4 is 26.8 Å². The van der Waals surface area contributed by atoms with Crippen molar-refractivity contribution in [3.8, 4) is 0 Å². The highest BCUT2D eigenvalue weighted by atomic mass is 32.2. The highest BCUT2D eigenvalue weighted by Crippen LogP contribution is 2.27. The van der Waals surface area contributed by atoms with Crippen LogP contribution in [0, 0.1) is 0 Å². The SMILES string of the molecule is CC1CCCCN1S(=O)(=O)c1ccc2[nH]c(=O)cc(C(=O)NCCN3CCc4ccccc4C3)c2c1. The topological polar surface area (TPSA) is 103 Å². The molecule has 9 heteroatoms. The maximum atomic E-state index is 13.4. The largest absolute Gasteiger partial charge is 0.351 e. The van der Waals surface area contributed by atoms with Crippen molar-refractivity contribution in [2.45, 2.75) is 50.1 Å². The van der Waals surface area contributed by atoms with Crippen LogP contribution in [-0.2, 0) is 23.0 Å². The second kappa shape index (κ2) is 10.2. The highest BCUT2D eigenvalue weighted by Gasteiger charge is 2.31. The average Bonchev–Trinajstić information content (AvgIpc) is 2.88. The van der Waals surface area contributed by atoms with Gasteiger partial charge in [0.05, 0.1) is 10.5 Å². The van der Waals surface area contributed by atoms with Crippen molar-refractivity contribution < 1.29 is 13.2 Å². The van der Waals surface area contributed by atoms with Crippen LogP contribution in [0.3, 0.4) is 0 Å². The minimum Gasteiger partial charge on any atom is -0.351 e. The molecule has 5 rings (SSSR count). The Bertz CT molecular complexity index is 1450. The lowest BCUT2D eigenvalue weighted by molar-refractivity contribution is 0.0948. The molecule has 190 valence electrons. The molecule has 1 aromatic heterocycles. The van der Waals surface area contributed by atoms with Gasteiger partial charge in [0, 0.05) is 55.7 Å². The van der Waals surface area contributed by atoms with E-state index >= 15 is 0 Å². The Hall–Kier alpha value is -3.01. The molecule has 3 heterocycles. The number of pyridine rings is 1. The Labute approximate surface area is 211 Å². The first-order valence-electron chi connectivity index (χ1n) is 12.6. The van der Waals surface area contributed by atoms with Gasteiger partial charge in [-0.3, -0.25) is 14.5 Å². The van der Waals surface area contributed by atoms with Crippen molar-refractivity contribution in [1.82, 2.24) is 19.5 Å². The van der Waals surface area contributed by atoms with E-state index in [0.717, 1.165) is 38.8 Å². The van der Waals surface area contributed by atoms with Crippen LogP contribution < -0.4 is 10.9 Å². The molecule has 2 N–H and O–H groups in total. The van der Waals surface area contributed by atoms with Crippen LogP contribution in [0.15, 0.2) is 58.2 Å². The summed E-state index contributed by atoms with van der Waals surface area (Å²) in [6.07, 6.45) is 3.66. The quantitative estimate of drug-likeness (QED) is 0.533. The van der Waals surface area contributed by atoms with Crippen molar-refractivity contribution in [1.29, 1.82) is 0 Å². The number of piperidine rings is 1. The zero-order valence-corrected chi connectivity index (χ0v) is 21.3. The molecule has 0 saturated carbocycles. The number of aromatic nitrogens is 1. The van der Waals surface area contributed by atoms with E-state index in [9.17, 15) is 18.0 Å². The minimum atomic E-state index is -3.71. The van der Waals surface area contributed by atoms with Gasteiger partial charge in [-0.2, -0.15) is 4.31 Å². The Balaban J connectivity index is 1.34. The zero-order chi connectivity index (χ0) is 25.3. The summed E-state index contributed by atoms with van der Waals surface area (Å²) >= 11 is 0. The summed E-state index contributed by atoms with van der Waals surface area (Å²) in [6, 6.07) is 14.2. The number of hydrogen-bond donors (Lipinski definition) is 2. The lowest BCUT2D eigenvalue weighted by Crippen LogP contribution is -2.41. The van der Waals surface area contributed by atoms with Gasteiger partial charge in [-0.25, -0.2) is 8.42 Å². The molecule has 0 spiro atoms. The van der Waals surface area contributed by atoms with Crippen LogP contribution in [0.1, 0.15) is 47.7 Å². The minimum absolute atomic E-state index is 0.0699. The van der Waals surface area contributed by atoms with E-state index < -0.39 is 15.6 Å². The number of aromatic amines is 1. The molecule has 1 atom stereocenters. The fraction of sp³-hybridized carbons (Fsp3) is 0.407. The summed E-state index contributed by atoms with van der Waals surface area (Å²) in [6.45, 7) is 5.30. The summed E-state index contributed by atoms with van der Waals surface area (Å²) in [5, 5.41) is 3.35. The Kier molecular flexibility index (Phi) is 6.96. The molecule has 0 aliphatic carbocycles. The predicted octanol–water partition coefficient (Wildman–Crippen LogP) is 2.88. The molecular weight excluding hydrogens is 476 g/mol. The first-order valence-corrected chi connectivity index (χ1v) is 14.0. The fourth-order valence-electron chi connectivity index (χ4n) is 5.31. The summed E-state index contributed by atoms with van der Waals surface area (Å²) in [7, 11) is -3.71. The number of hydrogen-bond acceptors (Lipinski definition) is 5. The van der Waals surface area contributed by atoms with Gasteiger partial charge in [-0.05, 0) is 55.5 Å². The van der Waals surface area contributed by atoms with Crippen LogP contribution in [0.25, 0.3) is 10.9 Å². The molecular formula is C27H32N4O4S. The number of amides is 1. The number of sulfonamides is 1. The number of carbonyl (C=O) groups excluding carboxylic acids is 1. The summed E-state index contributed by atoms with van der Waals surface area (Å²) in [5.74, 6) is -0.385. The van der Waals surface area contributed by atoms with E-state index in [1.807, 2.05) is 13.0 Å². The second-order valence-electron chi connectivity index (χ2n) is 9.77. The van der Waals surface area contributed by atoms with Crippen LogP contribution in [-0.4, -0.2) is 60.7 Å². The third kappa shape index (κ3) is 4.96. The van der Waals surface area contributed by atoms with Gasteiger partial charge in [0.25, 0.3) is 5.91 Å². The number of H-pyrrole nitrogens is 1. The standard InChI is InChI=1S/C27H32N4O4S/c1-19-6-4-5-13-31(19)36(34,35)22-9-10-25-23(16-22)24(17-26(32)29-25)27(33)28-12-15-30-14-11-20-7-2-3-8-21(20)18-30/h2-3,7-10,16-17,19H,4-6,11-15,18H2,1H3,(H,28,33)(H,29,32). The van der Waals surface area contributed by atoms with Crippen molar-refractivity contribution in [3.05, 3.63) is 75.6 Å². The predicted molar refractivity (Wildman–Crippen MR) is 140 cm³/mol. The summed E-state index contributed by atoms with van der Waals surface area (Å²) in [5.41, 5.74) is 2.90. The molecule has 1 unspecified atom stereocenters. The monoisotopic (exact) mass is 508 g/mol. The normalized spacial score (nSPS) is 19.2. The second-order valence-corrected chi connectivity index (χ2v) is 11.7. The van der Waals surface area contributed by atoms with Crippen LogP contribution in [0.5, 0.6) is 0 Å². The molecule has 0 radical (unpaired) electrons. The Morgan fingerprint density at radius 3 is 2.69 bits per heavy atom. The number of fused-ring (bicyclic) bond motifs is 2. The third-order valence-electron chi connectivity index (χ3n) is 7.33. The van der Waals surface area contributed by atoms with E-state index in [0.29, 0.717) is 30.5 Å². The molecule has 0 bridgehead atoms. The number of carbonyl (C=O) groups is 1. The molecule has 2 aromatic carbocycles. The van der Waals surface area contributed by atoms with Gasteiger partial charge < -0.3 is 10.3 Å². The lowest BCUT2D eigenvalue weighted by atomic mass is 10.00. The van der Waals surface area contributed by atoms with Crippen LogP contribution in [0.4, 0.5) is 0 Å². The number of rotatable bonds is 6. The molecule has 3 aromatic rings. The van der Waals surface area contributed by atoms with Gasteiger partial charge in [0.15, 0.2) is 0 Å².